The maximum atomic E-state index is 14.4. The summed E-state index contributed by atoms with van der Waals surface area (Å²) in [4.78, 5) is 81.3. The normalized spacial score (nSPS) is 36.4. The van der Waals surface area contributed by atoms with Crippen LogP contribution in [0.5, 0.6) is 0 Å². The highest BCUT2D eigenvalue weighted by molar-refractivity contribution is 6.39. The molecular formula is C49H73NO14. The summed E-state index contributed by atoms with van der Waals surface area (Å²) in [6.07, 6.45) is 11.1. The number of hydrogen-bond acceptors (Lipinski definition) is 13. The Balaban J connectivity index is 1.68. The number of carboxylic acid groups (broad SMARTS) is 1. The van der Waals surface area contributed by atoms with E-state index in [1.54, 1.807) is 26.2 Å². The molecule has 3 aliphatic heterocycles. The highest BCUT2D eigenvalue weighted by Crippen LogP contribution is 2.39. The van der Waals surface area contributed by atoms with Gasteiger partial charge in [0.15, 0.2) is 5.78 Å². The van der Waals surface area contributed by atoms with Gasteiger partial charge in [-0.15, -0.1) is 0 Å². The van der Waals surface area contributed by atoms with Crippen LogP contribution >= 0.6 is 0 Å². The summed E-state index contributed by atoms with van der Waals surface area (Å²) in [5.41, 5.74) is 1.73. The number of rotatable bonds is 11. The Bertz CT molecular complexity index is 1770. The van der Waals surface area contributed by atoms with E-state index in [1.807, 2.05) is 39.8 Å². The largest absolute Gasteiger partial charge is 0.478 e. The number of nitrogens with zero attached hydrogens (tertiary/aromatic N) is 1. The fourth-order valence-corrected chi connectivity index (χ4v) is 9.81. The standard InChI is InChI=1S/C49H73NO14/c1-10-35-24-29(2)23-30(3)25-40(60-8)45-41(61-9)27-33(6)49(58,64-45)46(55)47(56)50-22-14-13-15-36(50)48(57)63-44(31(4)18-20-37(35)51)32(5)26-34-19-21-38(39(28-34)59-7)62-43(54)17-12-11-16-42(52)53/h11,16,18,20,24,26,30-31,33-36,38-41,44-45,58H,10,12-15,17,19,21-23,25,27-28H2,1-9H3,(H,52,53)/b16-11+,20-18?,29-24+,32-26+/t30-,31+,33+,34-,35+,36-,38+,39+,40-,41-,44-,45+,49+/m0/s1. The van der Waals surface area contributed by atoms with Crippen molar-refractivity contribution in [1.82, 2.24) is 4.90 Å². The minimum absolute atomic E-state index is 0.0320. The van der Waals surface area contributed by atoms with Crippen molar-refractivity contribution in [3.8, 4) is 0 Å². The summed E-state index contributed by atoms with van der Waals surface area (Å²) in [6.45, 7) is 11.5. The number of aliphatic hydroxyl groups is 1. The van der Waals surface area contributed by atoms with Crippen molar-refractivity contribution in [3.63, 3.8) is 0 Å². The molecule has 0 aromatic carbocycles. The summed E-state index contributed by atoms with van der Waals surface area (Å²) in [6, 6.07) is -1.12. The molecule has 3 fully saturated rings. The van der Waals surface area contributed by atoms with E-state index in [1.165, 1.54) is 25.2 Å². The summed E-state index contributed by atoms with van der Waals surface area (Å²) >= 11 is 0. The molecule has 0 spiro atoms. The predicted octanol–water partition coefficient (Wildman–Crippen LogP) is 6.25. The molecule has 1 aliphatic carbocycles. The molecule has 15 heteroatoms. The summed E-state index contributed by atoms with van der Waals surface area (Å²) in [7, 11) is 4.61. The lowest BCUT2D eigenvalue weighted by molar-refractivity contribution is -0.302. The van der Waals surface area contributed by atoms with Gasteiger partial charge in [-0.3, -0.25) is 19.2 Å². The number of ketones is 2. The number of cyclic esters (lactones) is 1. The Morgan fingerprint density at radius 1 is 0.938 bits per heavy atom. The first-order valence-corrected chi connectivity index (χ1v) is 23.1. The number of piperidine rings is 1. The van der Waals surface area contributed by atoms with Crippen LogP contribution in [0.15, 0.2) is 47.6 Å². The SMILES string of the molecule is CC[C@@H]1/C=C(\C)C[C@H](C)C[C@H](OC)[C@H]2O[C@@](O)(C(=O)C(=O)N3CCCC[C@H]3C(=O)O[C@H](/C(C)=C/[C@@H]3CC[C@@H](OC(=O)CC/C=C/C(=O)O)[C@H](OC)C3)[C@H](C)C=CC1=O)[C@H](C)C[C@@H]2OC. The lowest BCUT2D eigenvalue weighted by Gasteiger charge is -2.47. The number of Topliss-reactive ketones (excluding diaryl/α,β-unsaturated/α-hetero) is 1. The number of methoxy groups -OCH3 is 3. The average Bonchev–Trinajstić information content (AvgIpc) is 3.27. The van der Waals surface area contributed by atoms with Crippen molar-refractivity contribution in [2.75, 3.05) is 27.9 Å². The number of carboxylic acids is 1. The van der Waals surface area contributed by atoms with Crippen LogP contribution in [-0.4, -0.2) is 127 Å². The zero-order valence-electron chi connectivity index (χ0n) is 39.3. The zero-order chi connectivity index (χ0) is 47.3. The smallest absolute Gasteiger partial charge is 0.329 e. The predicted molar refractivity (Wildman–Crippen MR) is 236 cm³/mol. The lowest BCUT2D eigenvalue weighted by Crippen LogP contribution is -2.64. The van der Waals surface area contributed by atoms with Gasteiger partial charge in [0.05, 0.1) is 18.3 Å². The number of allylic oxidation sites excluding steroid dienone is 5. The van der Waals surface area contributed by atoms with Gasteiger partial charge < -0.3 is 43.5 Å². The minimum Gasteiger partial charge on any atom is -0.478 e. The van der Waals surface area contributed by atoms with Crippen LogP contribution < -0.4 is 0 Å². The number of hydrogen-bond donors (Lipinski definition) is 2. The molecule has 1 amide bonds. The first kappa shape index (κ1) is 52.6. The summed E-state index contributed by atoms with van der Waals surface area (Å²) in [5, 5.41) is 20.9. The molecule has 2 saturated heterocycles. The van der Waals surface area contributed by atoms with Gasteiger partial charge in [0.25, 0.3) is 11.7 Å². The lowest BCUT2D eigenvalue weighted by atomic mass is 9.82. The Kier molecular flexibility index (Phi) is 20.1. The Labute approximate surface area is 378 Å². The minimum atomic E-state index is -2.51. The number of fused-ring (bicyclic) bond motifs is 3. The number of carbonyl (C=O) groups excluding carboxylic acids is 5. The van der Waals surface area contributed by atoms with Crippen molar-refractivity contribution in [2.24, 2.45) is 29.6 Å². The maximum absolute atomic E-state index is 14.4. The van der Waals surface area contributed by atoms with Gasteiger partial charge in [-0.2, -0.15) is 0 Å². The third-order valence-corrected chi connectivity index (χ3v) is 13.4. The van der Waals surface area contributed by atoms with E-state index in [0.717, 1.165) is 11.6 Å². The summed E-state index contributed by atoms with van der Waals surface area (Å²) < 4.78 is 35.9. The van der Waals surface area contributed by atoms with Gasteiger partial charge >= 0.3 is 17.9 Å². The van der Waals surface area contributed by atoms with Crippen molar-refractivity contribution in [3.05, 3.63) is 47.6 Å². The van der Waals surface area contributed by atoms with Crippen LogP contribution in [0.1, 0.15) is 119 Å². The number of esters is 2. The number of amides is 1. The topological polar surface area (TPSA) is 201 Å². The molecule has 2 bridgehead atoms. The third-order valence-electron chi connectivity index (χ3n) is 13.4. The highest BCUT2D eigenvalue weighted by Gasteiger charge is 2.56. The molecule has 15 nitrogen and oxygen atoms in total. The molecule has 0 unspecified atom stereocenters. The molecule has 0 aromatic rings. The Morgan fingerprint density at radius 3 is 2.28 bits per heavy atom. The van der Waals surface area contributed by atoms with E-state index >= 15 is 0 Å². The van der Waals surface area contributed by atoms with Crippen molar-refractivity contribution in [1.29, 1.82) is 0 Å². The first-order valence-electron chi connectivity index (χ1n) is 23.1. The second-order valence-corrected chi connectivity index (χ2v) is 18.4. The fraction of sp³-hybridized carbons (Fsp3) is 0.714. The van der Waals surface area contributed by atoms with E-state index in [-0.39, 0.29) is 55.8 Å². The van der Waals surface area contributed by atoms with Gasteiger partial charge in [-0.1, -0.05) is 57.6 Å². The molecular weight excluding hydrogens is 827 g/mol. The quantitative estimate of drug-likeness (QED) is 0.102. The zero-order valence-corrected chi connectivity index (χ0v) is 39.3. The number of carbonyl (C=O) groups is 6. The first-order chi connectivity index (χ1) is 30.4. The average molecular weight is 900 g/mol. The van der Waals surface area contributed by atoms with Gasteiger partial charge in [0.2, 0.25) is 5.79 Å². The molecule has 1 saturated carbocycles. The Morgan fingerprint density at radius 2 is 1.62 bits per heavy atom. The van der Waals surface area contributed by atoms with Crippen molar-refractivity contribution in [2.45, 2.75) is 167 Å². The molecule has 2 N–H and O–H groups in total. The molecule has 358 valence electrons. The molecule has 64 heavy (non-hydrogen) atoms. The molecule has 4 aliphatic rings. The second kappa shape index (κ2) is 24.5. The van der Waals surface area contributed by atoms with Crippen LogP contribution in [0, 0.1) is 29.6 Å². The third kappa shape index (κ3) is 13.8. The summed E-state index contributed by atoms with van der Waals surface area (Å²) in [5.74, 6) is -8.76. The van der Waals surface area contributed by atoms with E-state index in [9.17, 15) is 33.9 Å². The van der Waals surface area contributed by atoms with E-state index < -0.39 is 89.9 Å². The van der Waals surface area contributed by atoms with Gasteiger partial charge in [0.1, 0.15) is 24.4 Å². The maximum Gasteiger partial charge on any atom is 0.329 e. The second-order valence-electron chi connectivity index (χ2n) is 18.4. The van der Waals surface area contributed by atoms with Gasteiger partial charge in [-0.25, -0.2) is 9.59 Å². The van der Waals surface area contributed by atoms with Crippen LogP contribution in [0.3, 0.4) is 0 Å². The van der Waals surface area contributed by atoms with Gasteiger partial charge in [-0.05, 0) is 108 Å². The fourth-order valence-electron chi connectivity index (χ4n) is 9.81. The number of aliphatic carboxylic acids is 1. The van der Waals surface area contributed by atoms with Crippen molar-refractivity contribution < 1.29 is 67.4 Å². The van der Waals surface area contributed by atoms with Crippen LogP contribution in [-0.2, 0) is 57.2 Å². The molecule has 0 radical (unpaired) electrons. The molecule has 4 rings (SSSR count). The van der Waals surface area contributed by atoms with E-state index in [4.69, 9.17) is 33.5 Å². The highest BCUT2D eigenvalue weighted by atomic mass is 16.7. The Hall–Kier alpha value is -4.02. The molecule has 3 heterocycles. The van der Waals surface area contributed by atoms with E-state index in [0.29, 0.717) is 56.9 Å². The van der Waals surface area contributed by atoms with Gasteiger partial charge in [0, 0.05) is 58.1 Å². The molecule has 13 atom stereocenters. The molecule has 0 aromatic heterocycles. The monoisotopic (exact) mass is 900 g/mol. The van der Waals surface area contributed by atoms with E-state index in [2.05, 4.69) is 6.92 Å². The number of ether oxygens (including phenoxy) is 6. The van der Waals surface area contributed by atoms with Crippen LogP contribution in [0.25, 0.3) is 0 Å². The van der Waals surface area contributed by atoms with Crippen LogP contribution in [0.4, 0.5) is 0 Å². The van der Waals surface area contributed by atoms with Crippen molar-refractivity contribution >= 4 is 35.4 Å². The van der Waals surface area contributed by atoms with Crippen LogP contribution in [0.2, 0.25) is 0 Å².